The number of rotatable bonds is 14. The molecule has 0 aliphatic heterocycles. The number of amides is 2. The number of esters is 2. The topological polar surface area (TPSA) is 163 Å². The van der Waals surface area contributed by atoms with E-state index in [-0.39, 0.29) is 0 Å². The van der Waals surface area contributed by atoms with Crippen molar-refractivity contribution in [1.82, 2.24) is 10.6 Å². The maximum Gasteiger partial charge on any atom is 0.333 e. The van der Waals surface area contributed by atoms with Gasteiger partial charge in [0.05, 0.1) is 11.1 Å². The van der Waals surface area contributed by atoms with E-state index < -0.39 is 47.3 Å². The smallest absolute Gasteiger partial charge is 0.333 e. The molecule has 50 heavy (non-hydrogen) atoms. The summed E-state index contributed by atoms with van der Waals surface area (Å²) in [5, 5.41) is 6.90. The fourth-order valence-electron chi connectivity index (χ4n) is 5.33. The first kappa shape index (κ1) is 37.8. The molecule has 6 N–H and O–H groups in total. The molecular weight excluding hydrogens is 679 g/mol. The summed E-state index contributed by atoms with van der Waals surface area (Å²) in [6, 6.07) is 32.9. The normalized spacial score (nSPS) is 14.8. The molecule has 12 heteroatoms. The summed E-state index contributed by atoms with van der Waals surface area (Å²) in [6.07, 6.45) is -1.21. The van der Waals surface area contributed by atoms with Gasteiger partial charge >= 0.3 is 11.9 Å². The minimum Gasteiger partial charge on any atom is -0.434 e. The van der Waals surface area contributed by atoms with Crippen LogP contribution in [0.2, 0.25) is 10.0 Å². The number of nitrogens with one attached hydrogen (secondary N) is 2. The van der Waals surface area contributed by atoms with Crippen molar-refractivity contribution in [3.05, 3.63) is 154 Å². The van der Waals surface area contributed by atoms with Crippen LogP contribution in [-0.2, 0) is 52.6 Å². The van der Waals surface area contributed by atoms with Gasteiger partial charge in [0, 0.05) is 22.2 Å². The highest BCUT2D eigenvalue weighted by atomic mass is 35.5. The van der Waals surface area contributed by atoms with Crippen LogP contribution < -0.4 is 22.1 Å². The lowest BCUT2D eigenvalue weighted by atomic mass is 9.85. The Balaban J connectivity index is 1.34. The molecule has 260 valence electrons. The number of carbonyl (C=O) groups excluding carboxylic acids is 4. The third-order valence-electron chi connectivity index (χ3n) is 7.92. The first-order valence-corrected chi connectivity index (χ1v) is 16.4. The van der Waals surface area contributed by atoms with Crippen LogP contribution >= 0.6 is 23.2 Å². The summed E-state index contributed by atoms with van der Waals surface area (Å²) >= 11 is 12.1. The SMILES string of the molecule is CC(Cc1ccc(Cl)cc1)(NC(=O)C(N)OC(=O)/C=C\C(=O)OC(N)C(=O)NC(C)(Cc1ccc(Cl)cc1)c1ccccc1)c1ccccc1. The van der Waals surface area contributed by atoms with Gasteiger partial charge in [0.15, 0.2) is 0 Å². The molecule has 2 amide bonds. The monoisotopic (exact) mass is 716 g/mol. The molecule has 0 spiro atoms. The lowest BCUT2D eigenvalue weighted by molar-refractivity contribution is -0.153. The van der Waals surface area contributed by atoms with Crippen molar-refractivity contribution in [2.45, 2.75) is 50.2 Å². The van der Waals surface area contributed by atoms with Gasteiger partial charge in [0.1, 0.15) is 0 Å². The molecular formula is C38H38Cl2N4O6. The Kier molecular flexibility index (Phi) is 12.9. The highest BCUT2D eigenvalue weighted by Crippen LogP contribution is 2.28. The maximum absolute atomic E-state index is 13.1. The molecule has 0 aliphatic rings. The van der Waals surface area contributed by atoms with Crippen LogP contribution in [0.5, 0.6) is 0 Å². The van der Waals surface area contributed by atoms with Gasteiger partial charge in [-0.15, -0.1) is 0 Å². The largest absolute Gasteiger partial charge is 0.434 e. The second-order valence-electron chi connectivity index (χ2n) is 12.0. The molecule has 4 unspecified atom stereocenters. The molecule has 0 aliphatic carbocycles. The highest BCUT2D eigenvalue weighted by Gasteiger charge is 2.33. The van der Waals surface area contributed by atoms with Crippen molar-refractivity contribution in [2.24, 2.45) is 11.5 Å². The van der Waals surface area contributed by atoms with Crippen LogP contribution in [0.25, 0.3) is 0 Å². The van der Waals surface area contributed by atoms with Crippen LogP contribution in [0.3, 0.4) is 0 Å². The fourth-order valence-corrected chi connectivity index (χ4v) is 5.58. The van der Waals surface area contributed by atoms with Crippen LogP contribution in [0.1, 0.15) is 36.1 Å². The fraction of sp³-hybridized carbons (Fsp3) is 0.211. The number of benzene rings is 4. The van der Waals surface area contributed by atoms with Crippen molar-refractivity contribution in [3.8, 4) is 0 Å². The molecule has 0 aromatic heterocycles. The summed E-state index contributed by atoms with van der Waals surface area (Å²) in [4.78, 5) is 51.1. The lowest BCUT2D eigenvalue weighted by Crippen LogP contribution is -2.52. The summed E-state index contributed by atoms with van der Waals surface area (Å²) in [7, 11) is 0. The van der Waals surface area contributed by atoms with E-state index in [1.54, 1.807) is 24.3 Å². The third-order valence-corrected chi connectivity index (χ3v) is 8.42. The first-order valence-electron chi connectivity index (χ1n) is 15.6. The molecule has 0 saturated heterocycles. The number of hydrogen-bond donors (Lipinski definition) is 4. The van der Waals surface area contributed by atoms with E-state index >= 15 is 0 Å². The van der Waals surface area contributed by atoms with Crippen LogP contribution in [0, 0.1) is 0 Å². The quantitative estimate of drug-likeness (QED) is 0.0800. The van der Waals surface area contributed by atoms with Crippen molar-refractivity contribution < 1.29 is 28.7 Å². The summed E-state index contributed by atoms with van der Waals surface area (Å²) in [6.45, 7) is 3.64. The van der Waals surface area contributed by atoms with E-state index in [2.05, 4.69) is 10.6 Å². The first-order chi connectivity index (χ1) is 23.8. The Morgan fingerprint density at radius 3 is 1.24 bits per heavy atom. The van der Waals surface area contributed by atoms with Crippen molar-refractivity contribution in [3.63, 3.8) is 0 Å². The van der Waals surface area contributed by atoms with Crippen molar-refractivity contribution >= 4 is 47.0 Å². The van der Waals surface area contributed by atoms with Crippen LogP contribution in [0.15, 0.2) is 121 Å². The van der Waals surface area contributed by atoms with E-state index in [1.807, 2.05) is 98.8 Å². The molecule has 10 nitrogen and oxygen atoms in total. The Labute approximate surface area is 300 Å². The predicted octanol–water partition coefficient (Wildman–Crippen LogP) is 5.05. The van der Waals surface area contributed by atoms with E-state index in [4.69, 9.17) is 44.1 Å². The Morgan fingerprint density at radius 1 is 0.600 bits per heavy atom. The van der Waals surface area contributed by atoms with Crippen LogP contribution in [-0.4, -0.2) is 36.2 Å². The number of carbonyl (C=O) groups is 4. The van der Waals surface area contributed by atoms with Gasteiger partial charge in [-0.25, -0.2) is 9.59 Å². The van der Waals surface area contributed by atoms with E-state index in [9.17, 15) is 19.2 Å². The van der Waals surface area contributed by atoms with E-state index in [1.165, 1.54) is 0 Å². The molecule has 0 saturated carbocycles. The van der Waals surface area contributed by atoms with Crippen molar-refractivity contribution in [1.29, 1.82) is 0 Å². The number of nitrogens with two attached hydrogens (primary N) is 2. The molecule has 4 aromatic rings. The lowest BCUT2D eigenvalue weighted by Gasteiger charge is -2.33. The molecule has 0 bridgehead atoms. The molecule has 4 atom stereocenters. The second-order valence-corrected chi connectivity index (χ2v) is 12.9. The van der Waals surface area contributed by atoms with Gasteiger partial charge in [0.2, 0.25) is 12.5 Å². The van der Waals surface area contributed by atoms with Crippen LogP contribution in [0.4, 0.5) is 0 Å². The van der Waals surface area contributed by atoms with Gasteiger partial charge in [-0.3, -0.25) is 21.1 Å². The Morgan fingerprint density at radius 2 is 0.920 bits per heavy atom. The zero-order valence-corrected chi connectivity index (χ0v) is 29.0. The molecule has 0 heterocycles. The van der Waals surface area contributed by atoms with Gasteiger partial charge in [0.25, 0.3) is 11.8 Å². The zero-order valence-electron chi connectivity index (χ0n) is 27.5. The maximum atomic E-state index is 13.1. The zero-order chi connectivity index (χ0) is 36.3. The number of ether oxygens (including phenoxy) is 2. The standard InChI is InChI=1S/C38H38Cl2N4O6/c1-37(27-9-5-3-6-10-27,23-25-13-17-29(39)18-14-25)43-35(47)33(41)49-31(45)21-22-32(46)50-34(42)36(48)44-38(2,28-11-7-4-8-12-28)24-26-15-19-30(40)20-16-26/h3-22,33-34H,23-24,41-42H2,1-2H3,(H,43,47)(H,44,48)/b22-21-. The van der Waals surface area contributed by atoms with Gasteiger partial charge < -0.3 is 20.1 Å². The molecule has 0 radical (unpaired) electrons. The van der Waals surface area contributed by atoms with Crippen molar-refractivity contribution in [2.75, 3.05) is 0 Å². The number of halogens is 2. The minimum absolute atomic E-state index is 0.381. The average Bonchev–Trinajstić information content (AvgIpc) is 3.10. The third kappa shape index (κ3) is 10.8. The summed E-state index contributed by atoms with van der Waals surface area (Å²) in [5.74, 6) is -3.73. The second kappa shape index (κ2) is 17.1. The minimum atomic E-state index is -1.71. The summed E-state index contributed by atoms with van der Waals surface area (Å²) in [5.41, 5.74) is 13.3. The predicted molar refractivity (Wildman–Crippen MR) is 191 cm³/mol. The Bertz CT molecular complexity index is 1670. The van der Waals surface area contributed by atoms with Gasteiger partial charge in [-0.1, -0.05) is 108 Å². The summed E-state index contributed by atoms with van der Waals surface area (Å²) < 4.78 is 10.1. The molecule has 4 rings (SSSR count). The van der Waals surface area contributed by atoms with E-state index in [0.717, 1.165) is 34.4 Å². The average molecular weight is 718 g/mol. The van der Waals surface area contributed by atoms with Gasteiger partial charge in [-0.2, -0.15) is 0 Å². The highest BCUT2D eigenvalue weighted by molar-refractivity contribution is 6.30. The Hall–Kier alpha value is -5.00. The molecule has 0 fully saturated rings. The number of hydrogen-bond acceptors (Lipinski definition) is 8. The van der Waals surface area contributed by atoms with E-state index in [0.29, 0.717) is 22.9 Å². The molecule has 4 aromatic carbocycles. The van der Waals surface area contributed by atoms with Gasteiger partial charge in [-0.05, 0) is 73.2 Å².